The Morgan fingerprint density at radius 2 is 1.74 bits per heavy atom. The van der Waals surface area contributed by atoms with Gasteiger partial charge in [0, 0.05) is 10.0 Å². The molecular weight excluding hydrogens is 408 g/mol. The molecule has 27 heavy (non-hydrogen) atoms. The van der Waals surface area contributed by atoms with Crippen LogP contribution in [0.5, 0.6) is 0 Å². The number of imide groups is 1. The largest absolute Gasteiger partial charge is 0.325 e. The van der Waals surface area contributed by atoms with Crippen LogP contribution in [0, 0.1) is 20.8 Å². The fourth-order valence-electron chi connectivity index (χ4n) is 3.33. The number of nitrogens with one attached hydrogen (secondary N) is 1. The predicted octanol–water partition coefficient (Wildman–Crippen LogP) is 4.02. The minimum Gasteiger partial charge on any atom is -0.319 e. The van der Waals surface area contributed by atoms with E-state index in [1.54, 1.807) is 25.1 Å². The summed E-state index contributed by atoms with van der Waals surface area (Å²) in [4.78, 5) is 39.3. The molecule has 1 aliphatic heterocycles. The second kappa shape index (κ2) is 6.93. The molecular formula is C21H21BrN2O3. The number of urea groups is 1. The summed E-state index contributed by atoms with van der Waals surface area (Å²) in [5, 5.41) is 2.73. The second-order valence-corrected chi connectivity index (χ2v) is 8.05. The monoisotopic (exact) mass is 428 g/mol. The molecule has 1 fully saturated rings. The van der Waals surface area contributed by atoms with Crippen LogP contribution in [-0.2, 0) is 10.3 Å². The van der Waals surface area contributed by atoms with Gasteiger partial charge in [-0.25, -0.2) is 4.79 Å². The topological polar surface area (TPSA) is 66.5 Å². The Bertz CT molecular complexity index is 970. The van der Waals surface area contributed by atoms with Crippen molar-refractivity contribution in [1.82, 2.24) is 10.2 Å². The molecule has 3 amide bonds. The van der Waals surface area contributed by atoms with Gasteiger partial charge in [-0.1, -0.05) is 34.1 Å². The van der Waals surface area contributed by atoms with Crippen molar-refractivity contribution in [2.75, 3.05) is 6.54 Å². The summed E-state index contributed by atoms with van der Waals surface area (Å²) in [5.74, 6) is -0.682. The molecule has 5 nitrogen and oxygen atoms in total. The van der Waals surface area contributed by atoms with Crippen molar-refractivity contribution in [3.8, 4) is 0 Å². The first-order valence-corrected chi connectivity index (χ1v) is 9.44. The molecule has 1 atom stereocenters. The Hall–Kier alpha value is -2.47. The van der Waals surface area contributed by atoms with Gasteiger partial charge in [0.15, 0.2) is 5.78 Å². The molecule has 140 valence electrons. The smallest absolute Gasteiger partial charge is 0.319 e. The van der Waals surface area contributed by atoms with Gasteiger partial charge in [-0.05, 0) is 68.1 Å². The van der Waals surface area contributed by atoms with Gasteiger partial charge >= 0.3 is 6.03 Å². The van der Waals surface area contributed by atoms with Crippen molar-refractivity contribution in [2.24, 2.45) is 0 Å². The molecule has 0 unspecified atom stereocenters. The SMILES string of the molecule is Cc1cc(C)c(C(=O)CN2C(=O)N[C@](C)(c3cccc(Br)c3)C2=O)cc1C. The summed E-state index contributed by atoms with van der Waals surface area (Å²) in [6.07, 6.45) is 0. The molecule has 0 bridgehead atoms. The van der Waals surface area contributed by atoms with E-state index in [9.17, 15) is 14.4 Å². The lowest BCUT2D eigenvalue weighted by molar-refractivity contribution is -0.130. The lowest BCUT2D eigenvalue weighted by Gasteiger charge is -2.22. The number of rotatable bonds is 4. The Kier molecular flexibility index (Phi) is 4.95. The van der Waals surface area contributed by atoms with E-state index in [2.05, 4.69) is 21.2 Å². The molecule has 1 aliphatic rings. The Morgan fingerprint density at radius 1 is 1.07 bits per heavy atom. The second-order valence-electron chi connectivity index (χ2n) is 7.13. The zero-order valence-electron chi connectivity index (χ0n) is 15.7. The quantitative estimate of drug-likeness (QED) is 0.590. The molecule has 1 N–H and O–H groups in total. The van der Waals surface area contributed by atoms with Gasteiger partial charge in [0.2, 0.25) is 0 Å². The van der Waals surface area contributed by atoms with Gasteiger partial charge in [0.1, 0.15) is 5.54 Å². The summed E-state index contributed by atoms with van der Waals surface area (Å²) in [5.41, 5.74) is 2.94. The van der Waals surface area contributed by atoms with E-state index in [0.29, 0.717) is 11.1 Å². The minimum atomic E-state index is -1.20. The number of benzene rings is 2. The third kappa shape index (κ3) is 3.41. The summed E-state index contributed by atoms with van der Waals surface area (Å²) in [6, 6.07) is 10.4. The van der Waals surface area contributed by atoms with Gasteiger partial charge in [0.25, 0.3) is 5.91 Å². The Morgan fingerprint density at radius 3 is 2.41 bits per heavy atom. The first-order valence-electron chi connectivity index (χ1n) is 8.64. The van der Waals surface area contributed by atoms with Crippen LogP contribution >= 0.6 is 15.9 Å². The predicted molar refractivity (Wildman–Crippen MR) is 107 cm³/mol. The standard InChI is InChI=1S/C21H21BrN2O3/c1-12-8-14(3)17(9-13(12)2)18(25)11-24-19(26)21(4,23-20(24)27)15-6-5-7-16(22)10-15/h5-10H,11H2,1-4H3,(H,23,27)/t21-/m1/s1. The first-order chi connectivity index (χ1) is 12.6. The molecule has 0 aromatic heterocycles. The number of hydrogen-bond donors (Lipinski definition) is 1. The molecule has 0 radical (unpaired) electrons. The highest BCUT2D eigenvalue weighted by molar-refractivity contribution is 9.10. The molecule has 0 saturated carbocycles. The fraction of sp³-hybridized carbons (Fsp3) is 0.286. The molecule has 6 heteroatoms. The zero-order valence-corrected chi connectivity index (χ0v) is 17.3. The van der Waals surface area contributed by atoms with Gasteiger partial charge in [-0.3, -0.25) is 14.5 Å². The van der Waals surface area contributed by atoms with E-state index in [0.717, 1.165) is 26.1 Å². The first kappa shape index (κ1) is 19.3. The van der Waals surface area contributed by atoms with Gasteiger partial charge in [-0.15, -0.1) is 0 Å². The zero-order chi connectivity index (χ0) is 19.9. The number of amides is 3. The summed E-state index contributed by atoms with van der Waals surface area (Å²) < 4.78 is 0.809. The van der Waals surface area contributed by atoms with Crippen LogP contribution in [0.1, 0.15) is 39.5 Å². The highest BCUT2D eigenvalue weighted by Gasteiger charge is 2.49. The van der Waals surface area contributed by atoms with E-state index in [4.69, 9.17) is 0 Å². The molecule has 0 spiro atoms. The number of ketones is 1. The molecule has 1 heterocycles. The van der Waals surface area contributed by atoms with Gasteiger partial charge in [-0.2, -0.15) is 0 Å². The van der Waals surface area contributed by atoms with Gasteiger partial charge in [0.05, 0.1) is 6.54 Å². The number of aryl methyl sites for hydroxylation is 3. The van der Waals surface area contributed by atoms with Crippen molar-refractivity contribution in [3.63, 3.8) is 0 Å². The van der Waals surface area contributed by atoms with Gasteiger partial charge < -0.3 is 5.32 Å². The molecule has 2 aromatic carbocycles. The average Bonchev–Trinajstić information content (AvgIpc) is 2.82. The van der Waals surface area contributed by atoms with Crippen molar-refractivity contribution >= 4 is 33.7 Å². The lowest BCUT2D eigenvalue weighted by atomic mass is 9.92. The molecule has 1 saturated heterocycles. The van der Waals surface area contributed by atoms with E-state index in [1.807, 2.05) is 39.0 Å². The van der Waals surface area contributed by atoms with Crippen LogP contribution in [0.4, 0.5) is 4.79 Å². The normalized spacial score (nSPS) is 19.4. The third-order valence-electron chi connectivity index (χ3n) is 5.12. The summed E-state index contributed by atoms with van der Waals surface area (Å²) >= 11 is 3.38. The third-order valence-corrected chi connectivity index (χ3v) is 5.61. The maximum Gasteiger partial charge on any atom is 0.325 e. The highest BCUT2D eigenvalue weighted by Crippen LogP contribution is 2.30. The number of Topliss-reactive ketones (excluding diaryl/α,β-unsaturated/α-hetero) is 1. The molecule has 2 aromatic rings. The molecule has 3 rings (SSSR count). The van der Waals surface area contributed by atoms with E-state index >= 15 is 0 Å². The number of hydrogen-bond acceptors (Lipinski definition) is 3. The molecule has 0 aliphatic carbocycles. The maximum atomic E-state index is 13.0. The average molecular weight is 429 g/mol. The number of carbonyl (C=O) groups excluding carboxylic acids is 3. The van der Waals surface area contributed by atoms with Crippen LogP contribution < -0.4 is 5.32 Å². The van der Waals surface area contributed by atoms with E-state index in [1.165, 1.54) is 0 Å². The Labute approximate surface area is 166 Å². The summed E-state index contributed by atoms with van der Waals surface area (Å²) in [7, 11) is 0. The summed E-state index contributed by atoms with van der Waals surface area (Å²) in [6.45, 7) is 7.15. The number of halogens is 1. The van der Waals surface area contributed by atoms with Crippen molar-refractivity contribution < 1.29 is 14.4 Å². The van der Waals surface area contributed by atoms with Crippen LogP contribution in [0.15, 0.2) is 40.9 Å². The number of nitrogens with zero attached hydrogens (tertiary/aromatic N) is 1. The van der Waals surface area contributed by atoms with E-state index < -0.39 is 17.5 Å². The Balaban J connectivity index is 1.88. The maximum absolute atomic E-state index is 13.0. The van der Waals surface area contributed by atoms with Crippen LogP contribution in [-0.4, -0.2) is 29.2 Å². The van der Waals surface area contributed by atoms with Crippen LogP contribution in [0.3, 0.4) is 0 Å². The highest BCUT2D eigenvalue weighted by atomic mass is 79.9. The number of carbonyl (C=O) groups is 3. The van der Waals surface area contributed by atoms with Crippen molar-refractivity contribution in [2.45, 2.75) is 33.2 Å². The van der Waals surface area contributed by atoms with Crippen LogP contribution in [0.25, 0.3) is 0 Å². The van der Waals surface area contributed by atoms with Crippen LogP contribution in [0.2, 0.25) is 0 Å². The fourth-order valence-corrected chi connectivity index (χ4v) is 3.72. The minimum absolute atomic E-state index is 0.252. The van der Waals surface area contributed by atoms with Crippen molar-refractivity contribution in [3.05, 3.63) is 68.7 Å². The lowest BCUT2D eigenvalue weighted by Crippen LogP contribution is -2.41. The van der Waals surface area contributed by atoms with E-state index in [-0.39, 0.29) is 12.3 Å². The van der Waals surface area contributed by atoms with Crippen molar-refractivity contribution in [1.29, 1.82) is 0 Å².